The number of hydrogen-bond donors (Lipinski definition) is 0. The highest BCUT2D eigenvalue weighted by Gasteiger charge is 2.26. The fourth-order valence-electron chi connectivity index (χ4n) is 5.20. The molecular formula is C24H33N5OS. The van der Waals surface area contributed by atoms with Gasteiger partial charge in [-0.2, -0.15) is 0 Å². The molecule has 1 aliphatic carbocycles. The van der Waals surface area contributed by atoms with Gasteiger partial charge >= 0.3 is 0 Å². The third-order valence-corrected chi connectivity index (χ3v) is 8.18. The fourth-order valence-corrected chi connectivity index (χ4v) is 6.18. The molecule has 2 fully saturated rings. The van der Waals surface area contributed by atoms with Gasteiger partial charge in [-0.1, -0.05) is 36.7 Å². The Morgan fingerprint density at radius 1 is 1.13 bits per heavy atom. The summed E-state index contributed by atoms with van der Waals surface area (Å²) in [4.78, 5) is 26.4. The molecule has 6 nitrogen and oxygen atoms in total. The number of rotatable bonds is 5. The summed E-state index contributed by atoms with van der Waals surface area (Å²) in [6.07, 6.45) is 9.25. The topological polar surface area (TPSA) is 44.1 Å². The van der Waals surface area contributed by atoms with Crippen LogP contribution in [0.25, 0.3) is 16.0 Å². The second-order valence-electron chi connectivity index (χ2n) is 9.53. The monoisotopic (exact) mass is 439 g/mol. The molecule has 1 saturated carbocycles. The average molecular weight is 440 g/mol. The van der Waals surface area contributed by atoms with Crippen molar-refractivity contribution < 1.29 is 4.79 Å². The molecule has 7 heteroatoms. The summed E-state index contributed by atoms with van der Waals surface area (Å²) in [6.45, 7) is 3.23. The SMILES string of the molecule is CN(C)C1CCN(Cc2ccc3nc4sc(C(=O)N(C)C5CCCCC5)cn4c3c2)C1. The van der Waals surface area contributed by atoms with Crippen LogP contribution in [0.2, 0.25) is 0 Å². The molecule has 0 radical (unpaired) electrons. The van der Waals surface area contributed by atoms with Crippen molar-refractivity contribution in [3.63, 3.8) is 0 Å². The van der Waals surface area contributed by atoms with Crippen molar-refractivity contribution >= 4 is 33.2 Å². The highest BCUT2D eigenvalue weighted by molar-refractivity contribution is 7.18. The van der Waals surface area contributed by atoms with Gasteiger partial charge in [-0.3, -0.25) is 14.1 Å². The largest absolute Gasteiger partial charge is 0.338 e. The molecule has 0 bridgehead atoms. The number of amides is 1. The van der Waals surface area contributed by atoms with Crippen LogP contribution in [0.3, 0.4) is 0 Å². The van der Waals surface area contributed by atoms with Crippen LogP contribution in [0.1, 0.15) is 53.8 Å². The smallest absolute Gasteiger partial charge is 0.265 e. The predicted molar refractivity (Wildman–Crippen MR) is 127 cm³/mol. The summed E-state index contributed by atoms with van der Waals surface area (Å²) in [5, 5.41) is 0. The Kier molecular flexibility index (Phi) is 5.75. The van der Waals surface area contributed by atoms with E-state index in [9.17, 15) is 4.79 Å². The molecule has 1 saturated heterocycles. The summed E-state index contributed by atoms with van der Waals surface area (Å²) in [5.74, 6) is 0.137. The Bertz CT molecular complexity index is 1080. The van der Waals surface area contributed by atoms with Crippen LogP contribution in [-0.2, 0) is 6.54 Å². The molecule has 166 valence electrons. The molecule has 1 aliphatic heterocycles. The van der Waals surface area contributed by atoms with E-state index in [1.807, 2.05) is 18.1 Å². The minimum atomic E-state index is 0.137. The lowest BCUT2D eigenvalue weighted by Crippen LogP contribution is -2.37. The Labute approximate surface area is 188 Å². The number of fused-ring (bicyclic) bond motifs is 3. The number of likely N-dealkylation sites (tertiary alicyclic amines) is 1. The zero-order valence-corrected chi connectivity index (χ0v) is 19.7. The lowest BCUT2D eigenvalue weighted by Gasteiger charge is -2.30. The second kappa shape index (κ2) is 8.52. The van der Waals surface area contributed by atoms with Crippen LogP contribution in [0, 0.1) is 0 Å². The van der Waals surface area contributed by atoms with Gasteiger partial charge < -0.3 is 9.80 Å². The number of hydrogen-bond acceptors (Lipinski definition) is 5. The Balaban J connectivity index is 1.36. The number of imidazole rings is 1. The van der Waals surface area contributed by atoms with Gasteiger partial charge in [0.1, 0.15) is 4.88 Å². The van der Waals surface area contributed by atoms with E-state index in [0.717, 1.165) is 53.3 Å². The molecule has 3 heterocycles. The molecule has 0 N–H and O–H groups in total. The number of benzene rings is 1. The Hall–Kier alpha value is -1.96. The van der Waals surface area contributed by atoms with E-state index in [1.165, 1.54) is 42.6 Å². The molecule has 3 aromatic rings. The van der Waals surface area contributed by atoms with Crippen LogP contribution in [0.4, 0.5) is 0 Å². The minimum Gasteiger partial charge on any atom is -0.338 e. The van der Waals surface area contributed by atoms with E-state index in [4.69, 9.17) is 4.98 Å². The summed E-state index contributed by atoms with van der Waals surface area (Å²) in [7, 11) is 6.31. The standard InChI is InChI=1S/C24H33N5OS/c1-26(2)19-11-12-28(15-19)14-17-9-10-20-21(13-17)29-16-22(31-24(29)25-20)23(30)27(3)18-7-5-4-6-8-18/h9-10,13,16,18-19H,4-8,11-12,14-15H2,1-3H3. The maximum absolute atomic E-state index is 13.1. The first-order chi connectivity index (χ1) is 15.0. The highest BCUT2D eigenvalue weighted by Crippen LogP contribution is 2.28. The van der Waals surface area contributed by atoms with E-state index in [2.05, 4.69) is 46.5 Å². The van der Waals surface area contributed by atoms with Crippen molar-refractivity contribution in [1.82, 2.24) is 24.1 Å². The molecule has 31 heavy (non-hydrogen) atoms. The van der Waals surface area contributed by atoms with Gasteiger partial charge in [-0.05, 0) is 51.1 Å². The average Bonchev–Trinajstić information content (AvgIpc) is 3.48. The van der Waals surface area contributed by atoms with Gasteiger partial charge in [0.05, 0.1) is 11.0 Å². The van der Waals surface area contributed by atoms with Crippen molar-refractivity contribution in [2.45, 2.75) is 57.2 Å². The molecule has 1 amide bonds. The molecule has 1 unspecified atom stereocenters. The predicted octanol–water partition coefficient (Wildman–Crippen LogP) is 4.09. The fraction of sp³-hybridized carbons (Fsp3) is 0.583. The lowest BCUT2D eigenvalue weighted by molar-refractivity contribution is 0.0701. The van der Waals surface area contributed by atoms with Crippen molar-refractivity contribution in [2.24, 2.45) is 0 Å². The van der Waals surface area contributed by atoms with Crippen molar-refractivity contribution in [1.29, 1.82) is 0 Å². The van der Waals surface area contributed by atoms with E-state index < -0.39 is 0 Å². The maximum atomic E-state index is 13.1. The molecule has 1 atom stereocenters. The van der Waals surface area contributed by atoms with Crippen LogP contribution in [0.15, 0.2) is 24.4 Å². The number of thiazole rings is 1. The van der Waals surface area contributed by atoms with E-state index in [1.54, 1.807) is 0 Å². The number of carbonyl (C=O) groups is 1. The normalized spacial score (nSPS) is 21.0. The third-order valence-electron chi connectivity index (χ3n) is 7.21. The van der Waals surface area contributed by atoms with E-state index in [-0.39, 0.29) is 5.91 Å². The van der Waals surface area contributed by atoms with Crippen LogP contribution < -0.4 is 0 Å². The molecule has 5 rings (SSSR count). The van der Waals surface area contributed by atoms with E-state index >= 15 is 0 Å². The zero-order valence-electron chi connectivity index (χ0n) is 18.9. The summed E-state index contributed by atoms with van der Waals surface area (Å²) >= 11 is 1.51. The Morgan fingerprint density at radius 2 is 1.94 bits per heavy atom. The number of nitrogens with zero attached hydrogens (tertiary/aromatic N) is 5. The van der Waals surface area contributed by atoms with Gasteiger partial charge in [-0.25, -0.2) is 4.98 Å². The number of likely N-dealkylation sites (N-methyl/N-ethyl adjacent to an activating group) is 1. The van der Waals surface area contributed by atoms with Gasteiger partial charge in [0.25, 0.3) is 5.91 Å². The highest BCUT2D eigenvalue weighted by atomic mass is 32.1. The molecule has 2 aromatic heterocycles. The molecular weight excluding hydrogens is 406 g/mol. The third kappa shape index (κ3) is 4.11. The summed E-state index contributed by atoms with van der Waals surface area (Å²) in [6, 6.07) is 7.61. The minimum absolute atomic E-state index is 0.137. The number of aromatic nitrogens is 2. The summed E-state index contributed by atoms with van der Waals surface area (Å²) < 4.78 is 2.11. The first-order valence-corrected chi connectivity index (χ1v) is 12.4. The van der Waals surface area contributed by atoms with Gasteiger partial charge in [0.2, 0.25) is 0 Å². The zero-order chi connectivity index (χ0) is 21.5. The van der Waals surface area contributed by atoms with Gasteiger partial charge in [-0.15, -0.1) is 0 Å². The first kappa shape index (κ1) is 20.9. The number of carbonyl (C=O) groups excluding carboxylic acids is 1. The quantitative estimate of drug-likeness (QED) is 0.601. The molecule has 2 aliphatic rings. The first-order valence-electron chi connectivity index (χ1n) is 11.6. The summed E-state index contributed by atoms with van der Waals surface area (Å²) in [5.41, 5.74) is 3.42. The van der Waals surface area contributed by atoms with Crippen molar-refractivity contribution in [2.75, 3.05) is 34.2 Å². The van der Waals surface area contributed by atoms with Crippen LogP contribution in [-0.4, -0.2) is 76.3 Å². The van der Waals surface area contributed by atoms with Crippen molar-refractivity contribution in [3.05, 3.63) is 34.8 Å². The van der Waals surface area contributed by atoms with Gasteiger partial charge in [0, 0.05) is 45.0 Å². The van der Waals surface area contributed by atoms with Crippen molar-refractivity contribution in [3.8, 4) is 0 Å². The van der Waals surface area contributed by atoms with Crippen LogP contribution in [0.5, 0.6) is 0 Å². The second-order valence-corrected chi connectivity index (χ2v) is 10.5. The van der Waals surface area contributed by atoms with Crippen LogP contribution >= 0.6 is 11.3 Å². The maximum Gasteiger partial charge on any atom is 0.265 e. The van der Waals surface area contributed by atoms with Gasteiger partial charge in [0.15, 0.2) is 4.96 Å². The Morgan fingerprint density at radius 3 is 2.68 bits per heavy atom. The molecule has 1 aromatic carbocycles. The van der Waals surface area contributed by atoms with E-state index in [0.29, 0.717) is 12.1 Å². The lowest BCUT2D eigenvalue weighted by atomic mass is 9.94. The molecule has 0 spiro atoms.